The molecule has 4 rings (SSSR count). The third kappa shape index (κ3) is 2.86. The Balaban J connectivity index is 1.52. The molecule has 2 saturated heterocycles. The van der Waals surface area contributed by atoms with Crippen molar-refractivity contribution in [3.8, 4) is 0 Å². The number of nitrogens with zero attached hydrogens (tertiary/aromatic N) is 5. The second kappa shape index (κ2) is 6.23. The molecule has 2 aromatic rings. The first-order valence-electron chi connectivity index (χ1n) is 8.42. The average Bonchev–Trinajstić information content (AvgIpc) is 3.15. The quantitative estimate of drug-likeness (QED) is 0.841. The summed E-state index contributed by atoms with van der Waals surface area (Å²) in [5.41, 5.74) is 2.15. The fourth-order valence-electron chi connectivity index (χ4n) is 3.80. The van der Waals surface area contributed by atoms with Crippen molar-refractivity contribution in [2.24, 2.45) is 0 Å². The molecule has 0 spiro atoms. The van der Waals surface area contributed by atoms with Gasteiger partial charge in [-0.15, -0.1) is 0 Å². The predicted octanol–water partition coefficient (Wildman–Crippen LogP) is 1.20. The Morgan fingerprint density at radius 3 is 2.92 bits per heavy atom. The van der Waals surface area contributed by atoms with Gasteiger partial charge < -0.3 is 9.80 Å². The summed E-state index contributed by atoms with van der Waals surface area (Å²) < 4.78 is 0. The van der Waals surface area contributed by atoms with E-state index >= 15 is 0 Å². The molecule has 2 aliphatic rings. The minimum absolute atomic E-state index is 0.0513. The van der Waals surface area contributed by atoms with Gasteiger partial charge >= 0.3 is 0 Å². The lowest BCUT2D eigenvalue weighted by Crippen LogP contribution is -2.40. The molecule has 7 heteroatoms. The number of hydrogen-bond acceptors (Lipinski definition) is 5. The van der Waals surface area contributed by atoms with Crippen LogP contribution in [0.1, 0.15) is 34.7 Å². The standard InChI is InChI=1S/C18H19N5O2/c1-12-3-2-4-13(21-12)11-23-15-5-8-22(16(15)9-17(23)24)18(25)14-10-19-6-7-20-14/h2-4,6-7,10,15-16H,5,8-9,11H2,1H3/t15-,16-/m0/s1. The van der Waals surface area contributed by atoms with E-state index in [-0.39, 0.29) is 23.9 Å². The predicted molar refractivity (Wildman–Crippen MR) is 89.4 cm³/mol. The maximum absolute atomic E-state index is 12.7. The maximum Gasteiger partial charge on any atom is 0.274 e. The van der Waals surface area contributed by atoms with Gasteiger partial charge in [-0.3, -0.25) is 19.6 Å². The van der Waals surface area contributed by atoms with Crippen molar-refractivity contribution in [2.75, 3.05) is 6.54 Å². The van der Waals surface area contributed by atoms with E-state index in [0.717, 1.165) is 17.8 Å². The van der Waals surface area contributed by atoms with Crippen LogP contribution in [0.5, 0.6) is 0 Å². The summed E-state index contributed by atoms with van der Waals surface area (Å²) >= 11 is 0. The Hall–Kier alpha value is -2.83. The van der Waals surface area contributed by atoms with Crippen LogP contribution in [0.2, 0.25) is 0 Å². The number of aryl methyl sites for hydroxylation is 1. The molecule has 0 aliphatic carbocycles. The van der Waals surface area contributed by atoms with Crippen LogP contribution in [-0.4, -0.2) is 55.2 Å². The van der Waals surface area contributed by atoms with Crippen LogP contribution in [0, 0.1) is 6.92 Å². The van der Waals surface area contributed by atoms with Gasteiger partial charge in [-0.1, -0.05) is 6.07 Å². The Labute approximate surface area is 145 Å². The highest BCUT2D eigenvalue weighted by Gasteiger charge is 2.48. The lowest BCUT2D eigenvalue weighted by molar-refractivity contribution is -0.129. The summed E-state index contributed by atoms with van der Waals surface area (Å²) in [5, 5.41) is 0. The zero-order chi connectivity index (χ0) is 17.4. The Kier molecular flexibility index (Phi) is 3.91. The minimum atomic E-state index is -0.149. The van der Waals surface area contributed by atoms with E-state index in [1.807, 2.05) is 30.0 Å². The number of likely N-dealkylation sites (tertiary alicyclic amines) is 2. The van der Waals surface area contributed by atoms with Crippen LogP contribution in [0.4, 0.5) is 0 Å². The third-order valence-corrected chi connectivity index (χ3v) is 4.94. The fraction of sp³-hybridized carbons (Fsp3) is 0.389. The highest BCUT2D eigenvalue weighted by Crippen LogP contribution is 2.34. The summed E-state index contributed by atoms with van der Waals surface area (Å²) in [6, 6.07) is 5.79. The van der Waals surface area contributed by atoms with Gasteiger partial charge in [0.1, 0.15) is 5.69 Å². The fourth-order valence-corrected chi connectivity index (χ4v) is 3.80. The topological polar surface area (TPSA) is 79.3 Å². The van der Waals surface area contributed by atoms with Crippen LogP contribution in [0.15, 0.2) is 36.8 Å². The number of amides is 2. The lowest BCUT2D eigenvalue weighted by atomic mass is 10.1. The number of aromatic nitrogens is 3. The van der Waals surface area contributed by atoms with Gasteiger partial charge in [-0.05, 0) is 25.5 Å². The second-order valence-corrected chi connectivity index (χ2v) is 6.51. The maximum atomic E-state index is 12.7. The van der Waals surface area contributed by atoms with Gasteiger partial charge in [0.05, 0.1) is 30.5 Å². The molecule has 2 amide bonds. The third-order valence-electron chi connectivity index (χ3n) is 4.94. The van der Waals surface area contributed by atoms with Gasteiger partial charge in [-0.25, -0.2) is 4.98 Å². The van der Waals surface area contributed by atoms with Crippen molar-refractivity contribution in [1.29, 1.82) is 0 Å². The molecule has 2 aliphatic heterocycles. The molecule has 0 aromatic carbocycles. The van der Waals surface area contributed by atoms with Crippen LogP contribution >= 0.6 is 0 Å². The normalized spacial score (nSPS) is 22.4. The van der Waals surface area contributed by atoms with Crippen molar-refractivity contribution in [2.45, 2.75) is 38.4 Å². The van der Waals surface area contributed by atoms with Crippen LogP contribution < -0.4 is 0 Å². The number of hydrogen-bond donors (Lipinski definition) is 0. The molecule has 0 N–H and O–H groups in total. The van der Waals surface area contributed by atoms with E-state index < -0.39 is 0 Å². The molecular weight excluding hydrogens is 318 g/mol. The zero-order valence-electron chi connectivity index (χ0n) is 14.0. The number of pyridine rings is 1. The van der Waals surface area contributed by atoms with E-state index in [1.54, 1.807) is 11.1 Å². The molecule has 2 aromatic heterocycles. The molecule has 0 unspecified atom stereocenters. The molecule has 0 bridgehead atoms. The zero-order valence-corrected chi connectivity index (χ0v) is 14.0. The lowest BCUT2D eigenvalue weighted by Gasteiger charge is -2.25. The molecule has 2 fully saturated rings. The van der Waals surface area contributed by atoms with Crippen LogP contribution in [0.3, 0.4) is 0 Å². The molecule has 0 radical (unpaired) electrons. The van der Waals surface area contributed by atoms with E-state index in [1.165, 1.54) is 12.4 Å². The minimum Gasteiger partial charge on any atom is -0.332 e. The first kappa shape index (κ1) is 15.7. The molecule has 25 heavy (non-hydrogen) atoms. The average molecular weight is 337 g/mol. The van der Waals surface area contributed by atoms with Crippen molar-refractivity contribution in [3.63, 3.8) is 0 Å². The highest BCUT2D eigenvalue weighted by molar-refractivity contribution is 5.93. The SMILES string of the molecule is Cc1cccc(CN2C(=O)C[C@H]3[C@@H]2CCN3C(=O)c2cnccn2)n1. The van der Waals surface area contributed by atoms with Crippen molar-refractivity contribution in [1.82, 2.24) is 24.8 Å². The van der Waals surface area contributed by atoms with Gasteiger partial charge in [-0.2, -0.15) is 0 Å². The van der Waals surface area contributed by atoms with Crippen LogP contribution in [-0.2, 0) is 11.3 Å². The van der Waals surface area contributed by atoms with E-state index in [0.29, 0.717) is 25.2 Å². The molecular formula is C18H19N5O2. The number of rotatable bonds is 3. The number of carbonyl (C=O) groups is 2. The summed E-state index contributed by atoms with van der Waals surface area (Å²) in [6.45, 7) is 3.07. The van der Waals surface area contributed by atoms with E-state index in [9.17, 15) is 9.59 Å². The molecule has 0 saturated carbocycles. The van der Waals surface area contributed by atoms with Crippen molar-refractivity contribution >= 4 is 11.8 Å². The summed E-state index contributed by atoms with van der Waals surface area (Å²) in [4.78, 5) is 41.4. The molecule has 2 atom stereocenters. The van der Waals surface area contributed by atoms with Crippen molar-refractivity contribution in [3.05, 3.63) is 53.9 Å². The van der Waals surface area contributed by atoms with Gasteiger partial charge in [0.25, 0.3) is 5.91 Å². The number of fused-ring (bicyclic) bond motifs is 1. The second-order valence-electron chi connectivity index (χ2n) is 6.51. The van der Waals surface area contributed by atoms with Gasteiger partial charge in [0, 0.05) is 31.1 Å². The summed E-state index contributed by atoms with van der Waals surface area (Å²) in [5.74, 6) is -0.0705. The Morgan fingerprint density at radius 2 is 2.16 bits per heavy atom. The monoisotopic (exact) mass is 337 g/mol. The smallest absolute Gasteiger partial charge is 0.274 e. The molecule has 7 nitrogen and oxygen atoms in total. The van der Waals surface area contributed by atoms with Gasteiger partial charge in [0.2, 0.25) is 5.91 Å². The summed E-state index contributed by atoms with van der Waals surface area (Å²) in [6.07, 6.45) is 5.67. The van der Waals surface area contributed by atoms with Gasteiger partial charge in [0.15, 0.2) is 0 Å². The van der Waals surface area contributed by atoms with Crippen LogP contribution in [0.25, 0.3) is 0 Å². The van der Waals surface area contributed by atoms with E-state index in [2.05, 4.69) is 15.0 Å². The first-order chi connectivity index (χ1) is 12.1. The summed E-state index contributed by atoms with van der Waals surface area (Å²) in [7, 11) is 0. The molecule has 128 valence electrons. The highest BCUT2D eigenvalue weighted by atomic mass is 16.2. The largest absolute Gasteiger partial charge is 0.332 e. The molecule has 4 heterocycles. The Morgan fingerprint density at radius 1 is 1.28 bits per heavy atom. The number of carbonyl (C=O) groups excluding carboxylic acids is 2. The van der Waals surface area contributed by atoms with E-state index in [4.69, 9.17) is 0 Å². The Bertz CT molecular complexity index is 810. The first-order valence-corrected chi connectivity index (χ1v) is 8.42. The van der Waals surface area contributed by atoms with Crippen molar-refractivity contribution < 1.29 is 9.59 Å².